The number of carbonyl (C=O) groups is 1. The predicted octanol–water partition coefficient (Wildman–Crippen LogP) is 3.45. The molecule has 3 nitrogen and oxygen atoms in total. The first-order valence-electron chi connectivity index (χ1n) is 7.01. The lowest BCUT2D eigenvalue weighted by Crippen LogP contribution is -2.44. The van der Waals surface area contributed by atoms with E-state index in [-0.39, 0.29) is 18.3 Å². The largest absolute Gasteiger partial charge is 0.343 e. The molecule has 2 rings (SSSR count). The second kappa shape index (κ2) is 9.57. The Morgan fingerprint density at radius 3 is 2.57 bits per heavy atom. The van der Waals surface area contributed by atoms with Gasteiger partial charge in [-0.1, -0.05) is 11.6 Å². The summed E-state index contributed by atoms with van der Waals surface area (Å²) in [6, 6.07) is 8.16. The Bertz CT molecular complexity index is 436. The van der Waals surface area contributed by atoms with Crippen molar-refractivity contribution >= 4 is 41.7 Å². The lowest BCUT2D eigenvalue weighted by molar-refractivity contribution is -0.131. The molecule has 0 atom stereocenters. The summed E-state index contributed by atoms with van der Waals surface area (Å²) in [7, 11) is 1.94. The van der Waals surface area contributed by atoms with Crippen LogP contribution in [0.25, 0.3) is 0 Å². The molecule has 0 aromatic heterocycles. The molecule has 0 radical (unpaired) electrons. The topological polar surface area (TPSA) is 32.3 Å². The first-order chi connectivity index (χ1) is 9.66. The van der Waals surface area contributed by atoms with Crippen LogP contribution >= 0.6 is 35.8 Å². The Labute approximate surface area is 142 Å². The molecule has 1 heterocycles. The zero-order chi connectivity index (χ0) is 14.4. The van der Waals surface area contributed by atoms with E-state index in [9.17, 15) is 4.79 Å². The minimum Gasteiger partial charge on any atom is -0.343 e. The van der Waals surface area contributed by atoms with Gasteiger partial charge in [0.2, 0.25) is 5.91 Å². The molecule has 0 saturated carbocycles. The van der Waals surface area contributed by atoms with Gasteiger partial charge in [0.05, 0.1) is 0 Å². The molecule has 1 N–H and O–H groups in total. The number of carbonyl (C=O) groups excluding carboxylic acids is 1. The number of nitrogens with zero attached hydrogens (tertiary/aromatic N) is 1. The van der Waals surface area contributed by atoms with Gasteiger partial charge >= 0.3 is 0 Å². The van der Waals surface area contributed by atoms with Crippen LogP contribution in [0.5, 0.6) is 0 Å². The van der Waals surface area contributed by atoms with E-state index in [1.807, 2.05) is 36.2 Å². The fourth-order valence-corrected chi connectivity index (χ4v) is 3.33. The van der Waals surface area contributed by atoms with Crippen LogP contribution in [0.2, 0.25) is 5.02 Å². The summed E-state index contributed by atoms with van der Waals surface area (Å²) in [4.78, 5) is 15.3. The summed E-state index contributed by atoms with van der Waals surface area (Å²) in [5.41, 5.74) is 0. The van der Waals surface area contributed by atoms with Crippen LogP contribution in [0, 0.1) is 0 Å². The second-order valence-corrected chi connectivity index (χ2v) is 6.64. The van der Waals surface area contributed by atoms with E-state index in [2.05, 4.69) is 5.32 Å². The summed E-state index contributed by atoms with van der Waals surface area (Å²) >= 11 is 7.55. The number of thioether (sulfide) groups is 1. The van der Waals surface area contributed by atoms with Crippen LogP contribution < -0.4 is 5.32 Å². The zero-order valence-corrected chi connectivity index (χ0v) is 14.6. The number of nitrogens with one attached hydrogen (secondary N) is 1. The van der Waals surface area contributed by atoms with Crippen LogP contribution in [-0.2, 0) is 4.79 Å². The van der Waals surface area contributed by atoms with Crippen LogP contribution in [0.1, 0.15) is 19.3 Å². The third-order valence-electron chi connectivity index (χ3n) is 3.65. The highest BCUT2D eigenvalue weighted by Crippen LogP contribution is 2.21. The Hall–Kier alpha value is -0.420. The first kappa shape index (κ1) is 18.6. The average molecular weight is 349 g/mol. The standard InChI is InChI=1S/C15H21ClN2OS.ClH/c1-18(13-6-9-17-10-7-13)15(19)8-11-20-14-4-2-12(16)3-5-14;/h2-5,13,17H,6-11H2,1H3;1H. The van der Waals surface area contributed by atoms with Gasteiger partial charge in [-0.3, -0.25) is 4.79 Å². The van der Waals surface area contributed by atoms with Gasteiger partial charge in [-0.05, 0) is 50.2 Å². The minimum atomic E-state index is 0. The van der Waals surface area contributed by atoms with Crippen LogP contribution in [0.3, 0.4) is 0 Å². The van der Waals surface area contributed by atoms with Gasteiger partial charge in [0.1, 0.15) is 0 Å². The molecule has 1 aromatic rings. The molecular formula is C15H22Cl2N2OS. The van der Waals surface area contributed by atoms with Crippen molar-refractivity contribution < 1.29 is 4.79 Å². The quantitative estimate of drug-likeness (QED) is 0.827. The summed E-state index contributed by atoms with van der Waals surface area (Å²) in [6.07, 6.45) is 2.72. The van der Waals surface area contributed by atoms with Gasteiger partial charge in [0.25, 0.3) is 0 Å². The van der Waals surface area contributed by atoms with Crippen molar-refractivity contribution in [3.8, 4) is 0 Å². The maximum atomic E-state index is 12.2. The van der Waals surface area contributed by atoms with Gasteiger partial charge < -0.3 is 10.2 Å². The Morgan fingerprint density at radius 2 is 1.95 bits per heavy atom. The number of rotatable bonds is 5. The SMILES string of the molecule is CN(C(=O)CCSc1ccc(Cl)cc1)C1CCNCC1.Cl. The van der Waals surface area contributed by atoms with Crippen molar-refractivity contribution in [2.75, 3.05) is 25.9 Å². The Kier molecular flexibility index (Phi) is 8.49. The lowest BCUT2D eigenvalue weighted by Gasteiger charge is -2.31. The molecule has 1 aliphatic heterocycles. The van der Waals surface area contributed by atoms with E-state index in [0.29, 0.717) is 12.5 Å². The molecule has 0 bridgehead atoms. The highest BCUT2D eigenvalue weighted by molar-refractivity contribution is 7.99. The van der Waals surface area contributed by atoms with E-state index in [1.165, 1.54) is 0 Å². The number of halogens is 2. The second-order valence-electron chi connectivity index (χ2n) is 5.04. The molecule has 21 heavy (non-hydrogen) atoms. The fraction of sp³-hybridized carbons (Fsp3) is 0.533. The van der Waals surface area contributed by atoms with E-state index >= 15 is 0 Å². The smallest absolute Gasteiger partial charge is 0.223 e. The van der Waals surface area contributed by atoms with Crippen molar-refractivity contribution in [3.63, 3.8) is 0 Å². The average Bonchev–Trinajstić information content (AvgIpc) is 2.49. The third kappa shape index (κ3) is 6.07. The molecular weight excluding hydrogens is 327 g/mol. The molecule has 1 aromatic carbocycles. The predicted molar refractivity (Wildman–Crippen MR) is 92.7 cm³/mol. The molecule has 1 aliphatic rings. The normalized spacial score (nSPS) is 15.3. The molecule has 0 unspecified atom stereocenters. The molecule has 1 fully saturated rings. The Balaban J connectivity index is 0.00000220. The molecule has 0 aliphatic carbocycles. The van der Waals surface area contributed by atoms with Gasteiger partial charge in [-0.25, -0.2) is 0 Å². The van der Waals surface area contributed by atoms with Crippen LogP contribution in [0.4, 0.5) is 0 Å². The molecule has 118 valence electrons. The number of hydrogen-bond acceptors (Lipinski definition) is 3. The first-order valence-corrected chi connectivity index (χ1v) is 8.38. The third-order valence-corrected chi connectivity index (χ3v) is 4.91. The summed E-state index contributed by atoms with van der Waals surface area (Å²) in [5, 5.41) is 4.07. The van der Waals surface area contributed by atoms with Gasteiger partial charge in [0, 0.05) is 35.2 Å². The van der Waals surface area contributed by atoms with E-state index in [1.54, 1.807) is 11.8 Å². The van der Waals surface area contributed by atoms with Crippen molar-refractivity contribution in [2.24, 2.45) is 0 Å². The fourth-order valence-electron chi connectivity index (χ4n) is 2.36. The highest BCUT2D eigenvalue weighted by atomic mass is 35.5. The molecule has 6 heteroatoms. The maximum absolute atomic E-state index is 12.2. The lowest BCUT2D eigenvalue weighted by atomic mass is 10.1. The summed E-state index contributed by atoms with van der Waals surface area (Å²) < 4.78 is 0. The number of hydrogen-bond donors (Lipinski definition) is 1. The minimum absolute atomic E-state index is 0. The molecule has 0 spiro atoms. The number of piperidine rings is 1. The van der Waals surface area contributed by atoms with E-state index in [4.69, 9.17) is 11.6 Å². The van der Waals surface area contributed by atoms with Crippen molar-refractivity contribution in [1.29, 1.82) is 0 Å². The number of benzene rings is 1. The summed E-state index contributed by atoms with van der Waals surface area (Å²) in [5.74, 6) is 1.06. The van der Waals surface area contributed by atoms with E-state index in [0.717, 1.165) is 41.6 Å². The van der Waals surface area contributed by atoms with Gasteiger partial charge in [-0.15, -0.1) is 24.2 Å². The van der Waals surface area contributed by atoms with Gasteiger partial charge in [-0.2, -0.15) is 0 Å². The molecule has 1 amide bonds. The molecule has 1 saturated heterocycles. The van der Waals surface area contributed by atoms with Crippen molar-refractivity contribution in [2.45, 2.75) is 30.2 Å². The van der Waals surface area contributed by atoms with Gasteiger partial charge in [0.15, 0.2) is 0 Å². The van der Waals surface area contributed by atoms with E-state index < -0.39 is 0 Å². The number of amides is 1. The Morgan fingerprint density at radius 1 is 1.33 bits per heavy atom. The van der Waals surface area contributed by atoms with Crippen LogP contribution in [0.15, 0.2) is 29.2 Å². The van der Waals surface area contributed by atoms with Crippen LogP contribution in [-0.4, -0.2) is 42.7 Å². The highest BCUT2D eigenvalue weighted by Gasteiger charge is 2.21. The summed E-state index contributed by atoms with van der Waals surface area (Å²) in [6.45, 7) is 2.03. The van der Waals surface area contributed by atoms with Crippen molar-refractivity contribution in [1.82, 2.24) is 10.2 Å². The maximum Gasteiger partial charge on any atom is 0.223 e. The monoisotopic (exact) mass is 348 g/mol. The zero-order valence-electron chi connectivity index (χ0n) is 12.2. The van der Waals surface area contributed by atoms with Crippen molar-refractivity contribution in [3.05, 3.63) is 29.3 Å².